The average Bonchev–Trinajstić information content (AvgIpc) is 3.32. The number of ether oxygens (including phenoxy) is 1. The smallest absolute Gasteiger partial charge is 0.269 e. The number of hydrogen-bond donors (Lipinski definition) is 0. The highest BCUT2D eigenvalue weighted by molar-refractivity contribution is 6.03. The lowest BCUT2D eigenvalue weighted by molar-refractivity contribution is -0.133. The largest absolute Gasteiger partial charge is 0.497 e. The Morgan fingerprint density at radius 3 is 2.48 bits per heavy atom. The van der Waals surface area contributed by atoms with Crippen LogP contribution in [0.2, 0.25) is 0 Å². The van der Waals surface area contributed by atoms with Crippen molar-refractivity contribution in [3.63, 3.8) is 0 Å². The molecule has 1 amide bonds. The van der Waals surface area contributed by atoms with Gasteiger partial charge in [-0.25, -0.2) is 9.99 Å². The van der Waals surface area contributed by atoms with Crippen molar-refractivity contribution in [1.29, 1.82) is 0 Å². The molecule has 0 radical (unpaired) electrons. The third-order valence-corrected chi connectivity index (χ3v) is 5.82. The van der Waals surface area contributed by atoms with Crippen LogP contribution in [0.4, 0.5) is 0 Å². The minimum atomic E-state index is -0.325. The highest BCUT2D eigenvalue weighted by Gasteiger charge is 2.33. The zero-order chi connectivity index (χ0) is 22.8. The first-order valence-electron chi connectivity index (χ1n) is 10.7. The van der Waals surface area contributed by atoms with Crippen molar-refractivity contribution in [2.75, 3.05) is 7.11 Å². The molecule has 7 heteroatoms. The van der Waals surface area contributed by atoms with Crippen LogP contribution < -0.4 is 10.3 Å². The Bertz CT molecular complexity index is 1390. The van der Waals surface area contributed by atoms with Crippen molar-refractivity contribution in [3.8, 4) is 5.75 Å². The van der Waals surface area contributed by atoms with Gasteiger partial charge in [-0.15, -0.1) is 0 Å². The summed E-state index contributed by atoms with van der Waals surface area (Å²) >= 11 is 0. The third-order valence-electron chi connectivity index (χ3n) is 5.82. The molecule has 3 aromatic carbocycles. The van der Waals surface area contributed by atoms with E-state index in [0.29, 0.717) is 17.5 Å². The predicted molar refractivity (Wildman–Crippen MR) is 126 cm³/mol. The normalized spacial score (nSPS) is 15.5. The predicted octanol–water partition coefficient (Wildman–Crippen LogP) is 3.78. The van der Waals surface area contributed by atoms with E-state index in [1.807, 2.05) is 72.8 Å². The summed E-state index contributed by atoms with van der Waals surface area (Å²) in [6, 6.07) is 24.5. The van der Waals surface area contributed by atoms with Crippen LogP contribution in [0.25, 0.3) is 11.0 Å². The van der Waals surface area contributed by atoms with Gasteiger partial charge in [-0.3, -0.25) is 14.2 Å². The number of para-hydroxylation sites is 2. The molecule has 1 unspecified atom stereocenters. The third kappa shape index (κ3) is 4.01. The van der Waals surface area contributed by atoms with Gasteiger partial charge < -0.3 is 4.74 Å². The van der Waals surface area contributed by atoms with Crippen molar-refractivity contribution < 1.29 is 9.53 Å². The van der Waals surface area contributed by atoms with Gasteiger partial charge in [0.15, 0.2) is 0 Å². The molecule has 1 atom stereocenters. The molecule has 0 bridgehead atoms. The molecule has 1 aliphatic heterocycles. The topological polar surface area (TPSA) is 76.8 Å². The fraction of sp³-hybridized carbons (Fsp3) is 0.154. The Labute approximate surface area is 190 Å². The summed E-state index contributed by atoms with van der Waals surface area (Å²) in [5.74, 6) is 0.480. The van der Waals surface area contributed by atoms with E-state index >= 15 is 0 Å². The summed E-state index contributed by atoms with van der Waals surface area (Å²) in [7, 11) is 1.62. The van der Waals surface area contributed by atoms with Crippen molar-refractivity contribution in [1.82, 2.24) is 14.6 Å². The van der Waals surface area contributed by atoms with Crippen LogP contribution in [0.15, 0.2) is 95.0 Å². The second kappa shape index (κ2) is 8.70. The lowest BCUT2D eigenvalue weighted by Crippen LogP contribution is -2.34. The minimum Gasteiger partial charge on any atom is -0.497 e. The Morgan fingerprint density at radius 2 is 1.73 bits per heavy atom. The van der Waals surface area contributed by atoms with Gasteiger partial charge in [-0.2, -0.15) is 5.10 Å². The number of hydrogen-bond acceptors (Lipinski definition) is 5. The zero-order valence-electron chi connectivity index (χ0n) is 18.1. The van der Waals surface area contributed by atoms with Crippen molar-refractivity contribution in [2.45, 2.75) is 19.0 Å². The molecule has 2 heterocycles. The number of carbonyl (C=O) groups excluding carboxylic acids is 1. The number of nitrogens with zero attached hydrogens (tertiary/aromatic N) is 4. The second-order valence-electron chi connectivity index (χ2n) is 7.82. The van der Waals surface area contributed by atoms with Gasteiger partial charge in [-0.1, -0.05) is 54.6 Å². The van der Waals surface area contributed by atoms with Gasteiger partial charge >= 0.3 is 0 Å². The summed E-state index contributed by atoms with van der Waals surface area (Å²) in [4.78, 5) is 30.3. The van der Waals surface area contributed by atoms with Crippen LogP contribution in [-0.4, -0.2) is 33.3 Å². The standard InChI is InChI=1S/C26H22N4O3/c1-33-20-13-11-19(12-14-20)24-15-22(18-7-3-2-4-8-18)28-30(24)26(32)17-29-23-10-6-5-9-21(23)27-16-25(29)31/h2-14,16,24H,15,17H2,1H3. The molecular formula is C26H22N4O3. The lowest BCUT2D eigenvalue weighted by Gasteiger charge is -2.23. The van der Waals surface area contributed by atoms with Crippen LogP contribution in [0, 0.1) is 0 Å². The molecule has 1 aromatic heterocycles. The van der Waals surface area contributed by atoms with Crippen LogP contribution in [0.3, 0.4) is 0 Å². The SMILES string of the molecule is COc1ccc(C2CC(c3ccccc3)=NN2C(=O)Cn2c(=O)cnc3ccccc32)cc1. The maximum absolute atomic E-state index is 13.5. The molecule has 0 saturated carbocycles. The zero-order valence-corrected chi connectivity index (χ0v) is 18.1. The Hall–Kier alpha value is -4.26. The number of benzene rings is 3. The summed E-state index contributed by atoms with van der Waals surface area (Å²) in [6.07, 6.45) is 1.83. The average molecular weight is 438 g/mol. The number of amides is 1. The summed E-state index contributed by atoms with van der Waals surface area (Å²) < 4.78 is 6.73. The second-order valence-corrected chi connectivity index (χ2v) is 7.82. The first-order chi connectivity index (χ1) is 16.1. The minimum absolute atomic E-state index is 0.125. The maximum Gasteiger partial charge on any atom is 0.269 e. The molecule has 33 heavy (non-hydrogen) atoms. The molecule has 0 fully saturated rings. The summed E-state index contributed by atoms with van der Waals surface area (Å²) in [5.41, 5.74) is 3.70. The maximum atomic E-state index is 13.5. The van der Waals surface area contributed by atoms with E-state index in [0.717, 1.165) is 22.6 Å². The monoisotopic (exact) mass is 438 g/mol. The van der Waals surface area contributed by atoms with Crippen molar-refractivity contribution in [2.24, 2.45) is 5.10 Å². The Morgan fingerprint density at radius 1 is 1.00 bits per heavy atom. The van der Waals surface area contributed by atoms with Crippen molar-refractivity contribution >= 4 is 22.7 Å². The first kappa shape index (κ1) is 20.6. The van der Waals surface area contributed by atoms with E-state index in [-0.39, 0.29) is 24.1 Å². The van der Waals surface area contributed by atoms with E-state index < -0.39 is 0 Å². The molecule has 164 valence electrons. The fourth-order valence-electron chi connectivity index (χ4n) is 4.12. The van der Waals surface area contributed by atoms with E-state index in [4.69, 9.17) is 9.84 Å². The van der Waals surface area contributed by atoms with Gasteiger partial charge in [0, 0.05) is 6.42 Å². The molecule has 5 rings (SSSR count). The molecule has 7 nitrogen and oxygen atoms in total. The quantitative estimate of drug-likeness (QED) is 0.475. The van der Waals surface area contributed by atoms with Crippen LogP contribution in [0.5, 0.6) is 5.75 Å². The van der Waals surface area contributed by atoms with Gasteiger partial charge in [-0.05, 0) is 35.4 Å². The Balaban J connectivity index is 1.52. The van der Waals surface area contributed by atoms with Crippen LogP contribution in [-0.2, 0) is 11.3 Å². The van der Waals surface area contributed by atoms with Gasteiger partial charge in [0.2, 0.25) is 0 Å². The fourth-order valence-corrected chi connectivity index (χ4v) is 4.12. The van der Waals surface area contributed by atoms with Gasteiger partial charge in [0.1, 0.15) is 12.3 Å². The van der Waals surface area contributed by atoms with Crippen LogP contribution in [0.1, 0.15) is 23.6 Å². The molecular weight excluding hydrogens is 416 g/mol. The molecule has 0 spiro atoms. The molecule has 0 aliphatic carbocycles. The molecule has 1 aliphatic rings. The number of methoxy groups -OCH3 is 1. The summed E-state index contributed by atoms with van der Waals surface area (Å²) in [5, 5.41) is 6.21. The van der Waals surface area contributed by atoms with E-state index in [1.165, 1.54) is 15.8 Å². The highest BCUT2D eigenvalue weighted by Crippen LogP contribution is 2.33. The Kier molecular flexibility index (Phi) is 5.44. The lowest BCUT2D eigenvalue weighted by atomic mass is 9.98. The molecule has 0 N–H and O–H groups in total. The van der Waals surface area contributed by atoms with Gasteiger partial charge in [0.05, 0.1) is 36.1 Å². The first-order valence-corrected chi connectivity index (χ1v) is 10.7. The van der Waals surface area contributed by atoms with Crippen LogP contribution >= 0.6 is 0 Å². The molecule has 4 aromatic rings. The number of rotatable bonds is 5. The van der Waals surface area contributed by atoms with E-state index in [9.17, 15) is 9.59 Å². The highest BCUT2D eigenvalue weighted by atomic mass is 16.5. The summed E-state index contributed by atoms with van der Waals surface area (Å²) in [6.45, 7) is -0.125. The number of fused-ring (bicyclic) bond motifs is 1. The molecule has 0 saturated heterocycles. The van der Waals surface area contributed by atoms with Crippen molar-refractivity contribution in [3.05, 3.63) is 107 Å². The van der Waals surface area contributed by atoms with Gasteiger partial charge in [0.25, 0.3) is 11.5 Å². The number of carbonyl (C=O) groups is 1. The number of hydrazone groups is 1. The van der Waals surface area contributed by atoms with E-state index in [1.54, 1.807) is 13.2 Å². The number of aromatic nitrogens is 2. The van der Waals surface area contributed by atoms with E-state index in [2.05, 4.69) is 4.98 Å².